The van der Waals surface area contributed by atoms with Crippen molar-refractivity contribution in [2.75, 3.05) is 19.3 Å². The van der Waals surface area contributed by atoms with E-state index in [0.717, 1.165) is 31.7 Å². The van der Waals surface area contributed by atoms with Gasteiger partial charge in [0, 0.05) is 23.3 Å². The zero-order valence-electron chi connectivity index (χ0n) is 11.4. The molecular formula is C13H16BrFN2O3S. The van der Waals surface area contributed by atoms with E-state index in [2.05, 4.69) is 26.6 Å². The molecule has 8 heteroatoms. The third kappa shape index (κ3) is 4.02. The number of amides is 1. The van der Waals surface area contributed by atoms with Gasteiger partial charge in [0.05, 0.1) is 5.56 Å². The maximum atomic E-state index is 14.3. The first-order valence-corrected chi connectivity index (χ1v) is 9.18. The summed E-state index contributed by atoms with van der Waals surface area (Å²) >= 11 is 3.11. The van der Waals surface area contributed by atoms with Crippen molar-refractivity contribution in [3.63, 3.8) is 0 Å². The van der Waals surface area contributed by atoms with Crippen molar-refractivity contribution in [2.45, 2.75) is 23.8 Å². The molecule has 0 saturated carbocycles. The van der Waals surface area contributed by atoms with Crippen LogP contribution >= 0.6 is 15.9 Å². The quantitative estimate of drug-likeness (QED) is 0.834. The average molecular weight is 379 g/mol. The second-order valence-corrected chi connectivity index (χ2v) is 7.95. The summed E-state index contributed by atoms with van der Waals surface area (Å²) in [6.07, 6.45) is 2.65. The fourth-order valence-corrected chi connectivity index (χ4v) is 3.62. The number of sulfone groups is 1. The van der Waals surface area contributed by atoms with E-state index in [1.165, 1.54) is 6.07 Å². The lowest BCUT2D eigenvalue weighted by Crippen LogP contribution is -2.45. The minimum Gasteiger partial charge on any atom is -0.348 e. The average Bonchev–Trinajstić information content (AvgIpc) is 2.40. The largest absolute Gasteiger partial charge is 0.348 e. The Kier molecular flexibility index (Phi) is 5.00. The summed E-state index contributed by atoms with van der Waals surface area (Å²) in [4.78, 5) is 11.7. The van der Waals surface area contributed by atoms with Crippen molar-refractivity contribution in [3.8, 4) is 0 Å². The fraction of sp³-hybridized carbons (Fsp3) is 0.462. The number of carbonyl (C=O) groups excluding carboxylic acids is 1. The van der Waals surface area contributed by atoms with E-state index < -0.39 is 26.5 Å². The number of carbonyl (C=O) groups is 1. The second kappa shape index (κ2) is 6.41. The molecule has 2 N–H and O–H groups in total. The maximum Gasteiger partial charge on any atom is 0.254 e. The Morgan fingerprint density at radius 2 is 2.19 bits per heavy atom. The molecule has 0 aromatic heterocycles. The maximum absolute atomic E-state index is 14.3. The SMILES string of the molecule is CS(=O)(=O)c1cc(Br)cc(C(=O)N[C@H]2CCCNC2)c1F. The number of benzene rings is 1. The molecule has 0 unspecified atom stereocenters. The normalized spacial score (nSPS) is 19.3. The van der Waals surface area contributed by atoms with Gasteiger partial charge in [-0.15, -0.1) is 0 Å². The first-order chi connectivity index (χ1) is 9.79. The minimum atomic E-state index is -3.74. The number of piperidine rings is 1. The highest BCUT2D eigenvalue weighted by atomic mass is 79.9. The van der Waals surface area contributed by atoms with Gasteiger partial charge in [-0.25, -0.2) is 12.8 Å². The van der Waals surface area contributed by atoms with Crippen molar-refractivity contribution in [1.29, 1.82) is 0 Å². The van der Waals surface area contributed by atoms with Crippen molar-refractivity contribution in [3.05, 3.63) is 28.0 Å². The molecule has 0 spiro atoms. The van der Waals surface area contributed by atoms with Crippen molar-refractivity contribution in [1.82, 2.24) is 10.6 Å². The molecule has 116 valence electrons. The Labute approximate surface area is 131 Å². The third-order valence-corrected chi connectivity index (χ3v) is 4.83. The summed E-state index contributed by atoms with van der Waals surface area (Å²) in [7, 11) is -3.74. The van der Waals surface area contributed by atoms with Gasteiger partial charge >= 0.3 is 0 Å². The second-order valence-electron chi connectivity index (χ2n) is 5.05. The van der Waals surface area contributed by atoms with Gasteiger partial charge in [-0.3, -0.25) is 4.79 Å². The lowest BCUT2D eigenvalue weighted by molar-refractivity contribution is 0.0926. The van der Waals surface area contributed by atoms with E-state index in [4.69, 9.17) is 0 Å². The molecule has 21 heavy (non-hydrogen) atoms. The molecule has 0 radical (unpaired) electrons. The van der Waals surface area contributed by atoms with E-state index in [0.29, 0.717) is 11.0 Å². The molecule has 1 heterocycles. The van der Waals surface area contributed by atoms with Gasteiger partial charge in [0.25, 0.3) is 5.91 Å². The van der Waals surface area contributed by atoms with Crippen LogP contribution < -0.4 is 10.6 Å². The standard InChI is InChI=1S/C13H16BrFN2O3S/c1-21(19,20)11-6-8(14)5-10(12(11)15)13(18)17-9-3-2-4-16-7-9/h5-6,9,16H,2-4,7H2,1H3,(H,17,18)/t9-/m0/s1. The molecule has 1 aromatic rings. The van der Waals surface area contributed by atoms with Gasteiger partial charge in [-0.05, 0) is 31.5 Å². The number of hydrogen-bond acceptors (Lipinski definition) is 4. The Bertz CT molecular complexity index is 658. The monoisotopic (exact) mass is 378 g/mol. The van der Waals surface area contributed by atoms with Crippen LogP contribution in [0.4, 0.5) is 4.39 Å². The molecule has 1 amide bonds. The van der Waals surface area contributed by atoms with Crippen LogP contribution in [-0.2, 0) is 9.84 Å². The van der Waals surface area contributed by atoms with Gasteiger partial charge in [0.1, 0.15) is 4.90 Å². The Morgan fingerprint density at radius 1 is 1.48 bits per heavy atom. The molecule has 0 bridgehead atoms. The number of rotatable bonds is 3. The van der Waals surface area contributed by atoms with E-state index in [-0.39, 0.29) is 11.6 Å². The van der Waals surface area contributed by atoms with Gasteiger partial charge in [-0.1, -0.05) is 15.9 Å². The summed E-state index contributed by atoms with van der Waals surface area (Å²) in [5.41, 5.74) is -0.268. The molecular weight excluding hydrogens is 363 g/mol. The molecule has 5 nitrogen and oxygen atoms in total. The predicted octanol–water partition coefficient (Wildman–Crippen LogP) is 1.47. The topological polar surface area (TPSA) is 75.3 Å². The molecule has 1 aliphatic heterocycles. The molecule has 1 aromatic carbocycles. The first-order valence-electron chi connectivity index (χ1n) is 6.49. The van der Waals surface area contributed by atoms with Gasteiger partial charge in [-0.2, -0.15) is 0 Å². The van der Waals surface area contributed by atoms with E-state index in [1.807, 2.05) is 0 Å². The highest BCUT2D eigenvalue weighted by molar-refractivity contribution is 9.10. The van der Waals surface area contributed by atoms with Crippen molar-refractivity contribution >= 4 is 31.7 Å². The number of nitrogens with one attached hydrogen (secondary N) is 2. The zero-order valence-corrected chi connectivity index (χ0v) is 13.9. The Morgan fingerprint density at radius 3 is 2.76 bits per heavy atom. The Hall–Kier alpha value is -0.990. The number of hydrogen-bond donors (Lipinski definition) is 2. The highest BCUT2D eigenvalue weighted by Gasteiger charge is 2.24. The summed E-state index contributed by atoms with van der Waals surface area (Å²) < 4.78 is 37.8. The summed E-state index contributed by atoms with van der Waals surface area (Å²) in [6, 6.07) is 2.37. The highest BCUT2D eigenvalue weighted by Crippen LogP contribution is 2.24. The van der Waals surface area contributed by atoms with Crippen LogP contribution in [0.2, 0.25) is 0 Å². The lowest BCUT2D eigenvalue weighted by atomic mass is 10.1. The van der Waals surface area contributed by atoms with Crippen LogP contribution in [0.15, 0.2) is 21.5 Å². The zero-order chi connectivity index (χ0) is 15.6. The lowest BCUT2D eigenvalue weighted by Gasteiger charge is -2.24. The Balaban J connectivity index is 2.30. The summed E-state index contributed by atoms with van der Waals surface area (Å²) in [6.45, 7) is 1.52. The van der Waals surface area contributed by atoms with Crippen molar-refractivity contribution in [2.24, 2.45) is 0 Å². The molecule has 1 atom stereocenters. The smallest absolute Gasteiger partial charge is 0.254 e. The van der Waals surface area contributed by atoms with Crippen LogP contribution in [0, 0.1) is 5.82 Å². The third-order valence-electron chi connectivity index (χ3n) is 3.28. The first kappa shape index (κ1) is 16.4. The molecule has 0 aliphatic carbocycles. The van der Waals surface area contributed by atoms with Crippen LogP contribution in [0.3, 0.4) is 0 Å². The number of halogens is 2. The van der Waals surface area contributed by atoms with Gasteiger partial charge in [0.2, 0.25) is 0 Å². The van der Waals surface area contributed by atoms with Crippen LogP contribution in [0.1, 0.15) is 23.2 Å². The molecule has 1 fully saturated rings. The van der Waals surface area contributed by atoms with Crippen LogP contribution in [-0.4, -0.2) is 39.7 Å². The minimum absolute atomic E-state index is 0.0775. The van der Waals surface area contributed by atoms with Gasteiger partial charge in [0.15, 0.2) is 15.7 Å². The summed E-state index contributed by atoms with van der Waals surface area (Å²) in [5, 5.41) is 5.86. The van der Waals surface area contributed by atoms with E-state index in [9.17, 15) is 17.6 Å². The fourth-order valence-electron chi connectivity index (χ4n) is 2.24. The van der Waals surface area contributed by atoms with Crippen molar-refractivity contribution < 1.29 is 17.6 Å². The van der Waals surface area contributed by atoms with Crippen LogP contribution in [0.25, 0.3) is 0 Å². The van der Waals surface area contributed by atoms with Gasteiger partial charge < -0.3 is 10.6 Å². The van der Waals surface area contributed by atoms with E-state index in [1.54, 1.807) is 0 Å². The molecule has 1 aliphatic rings. The van der Waals surface area contributed by atoms with Crippen LogP contribution in [0.5, 0.6) is 0 Å². The predicted molar refractivity (Wildman–Crippen MR) is 80.6 cm³/mol. The van der Waals surface area contributed by atoms with E-state index >= 15 is 0 Å². The molecule has 1 saturated heterocycles. The molecule has 2 rings (SSSR count). The summed E-state index contributed by atoms with van der Waals surface area (Å²) in [5.74, 6) is -1.62.